The second-order valence-electron chi connectivity index (χ2n) is 8.16. The molecule has 0 radical (unpaired) electrons. The third-order valence-corrected chi connectivity index (χ3v) is 8.13. The van der Waals surface area contributed by atoms with Gasteiger partial charge in [0.05, 0.1) is 21.7 Å². The van der Waals surface area contributed by atoms with Crippen LogP contribution < -0.4 is 9.80 Å². The standard InChI is InChI=1S/C25H23N3O4S/c1-18-6-2-5-9-23(18)26-14-16-27(17-15-26)33(31,32)20-12-10-19(11-13-20)28-24(29)21-7-3-4-8-22(21)25(28)30/h2-13H,14-17H2,1H3. The van der Waals surface area contributed by atoms with Crippen LogP contribution >= 0.6 is 0 Å². The predicted octanol–water partition coefficient (Wildman–Crippen LogP) is 3.31. The quantitative estimate of drug-likeness (QED) is 0.557. The van der Waals surface area contributed by atoms with Crippen molar-refractivity contribution in [3.05, 3.63) is 89.5 Å². The number of para-hydroxylation sites is 1. The van der Waals surface area contributed by atoms with Gasteiger partial charge in [-0.1, -0.05) is 30.3 Å². The first kappa shape index (κ1) is 21.4. The fourth-order valence-corrected chi connectivity index (χ4v) is 5.85. The molecule has 3 aromatic carbocycles. The molecule has 0 aliphatic carbocycles. The van der Waals surface area contributed by atoms with Gasteiger partial charge in [-0.05, 0) is 55.0 Å². The zero-order valence-corrected chi connectivity index (χ0v) is 19.0. The zero-order valence-electron chi connectivity index (χ0n) is 18.1. The van der Waals surface area contributed by atoms with E-state index >= 15 is 0 Å². The van der Waals surface area contributed by atoms with Gasteiger partial charge in [0.15, 0.2) is 0 Å². The second-order valence-corrected chi connectivity index (χ2v) is 10.1. The third-order valence-electron chi connectivity index (χ3n) is 6.22. The number of aryl methyl sites for hydroxylation is 1. The minimum Gasteiger partial charge on any atom is -0.369 e. The van der Waals surface area contributed by atoms with E-state index in [0.717, 1.165) is 16.2 Å². The Morgan fingerprint density at radius 3 is 1.82 bits per heavy atom. The lowest BCUT2D eigenvalue weighted by atomic mass is 10.1. The van der Waals surface area contributed by atoms with E-state index in [4.69, 9.17) is 0 Å². The molecule has 33 heavy (non-hydrogen) atoms. The van der Waals surface area contributed by atoms with E-state index in [2.05, 4.69) is 11.0 Å². The van der Waals surface area contributed by atoms with Crippen LogP contribution in [0.15, 0.2) is 77.7 Å². The summed E-state index contributed by atoms with van der Waals surface area (Å²) in [5.41, 5.74) is 3.35. The summed E-state index contributed by atoms with van der Waals surface area (Å²) in [6, 6.07) is 20.7. The highest BCUT2D eigenvalue weighted by Gasteiger charge is 2.36. The van der Waals surface area contributed by atoms with E-state index in [0.29, 0.717) is 43.0 Å². The molecule has 2 heterocycles. The number of nitrogens with zero attached hydrogens (tertiary/aromatic N) is 3. The first-order valence-corrected chi connectivity index (χ1v) is 12.2. The lowest BCUT2D eigenvalue weighted by Crippen LogP contribution is -2.48. The minimum absolute atomic E-state index is 0.146. The van der Waals surface area contributed by atoms with E-state index in [-0.39, 0.29) is 4.90 Å². The van der Waals surface area contributed by atoms with Crippen molar-refractivity contribution in [1.29, 1.82) is 0 Å². The molecule has 2 aliphatic heterocycles. The number of imide groups is 1. The number of benzene rings is 3. The van der Waals surface area contributed by atoms with E-state index in [9.17, 15) is 18.0 Å². The van der Waals surface area contributed by atoms with E-state index in [1.807, 2.05) is 25.1 Å². The summed E-state index contributed by atoms with van der Waals surface area (Å²) in [6.45, 7) is 4.04. The number of amides is 2. The molecule has 3 aromatic rings. The van der Waals surface area contributed by atoms with Crippen LogP contribution in [0.3, 0.4) is 0 Å². The highest BCUT2D eigenvalue weighted by molar-refractivity contribution is 7.89. The molecule has 5 rings (SSSR count). The molecule has 0 N–H and O–H groups in total. The summed E-state index contributed by atoms with van der Waals surface area (Å²) in [4.78, 5) is 28.8. The van der Waals surface area contributed by atoms with Crippen LogP contribution in [0.4, 0.5) is 11.4 Å². The summed E-state index contributed by atoms with van der Waals surface area (Å²) >= 11 is 0. The highest BCUT2D eigenvalue weighted by Crippen LogP contribution is 2.30. The van der Waals surface area contributed by atoms with Crippen LogP contribution in [0.1, 0.15) is 26.3 Å². The van der Waals surface area contributed by atoms with Crippen LogP contribution in [0.25, 0.3) is 0 Å². The van der Waals surface area contributed by atoms with Crippen molar-refractivity contribution in [3.8, 4) is 0 Å². The molecule has 0 aromatic heterocycles. The molecule has 1 saturated heterocycles. The molecule has 168 valence electrons. The van der Waals surface area contributed by atoms with Crippen molar-refractivity contribution in [1.82, 2.24) is 4.31 Å². The monoisotopic (exact) mass is 461 g/mol. The molecule has 2 aliphatic rings. The van der Waals surface area contributed by atoms with Gasteiger partial charge >= 0.3 is 0 Å². The van der Waals surface area contributed by atoms with Gasteiger partial charge in [0.1, 0.15) is 0 Å². The lowest BCUT2D eigenvalue weighted by Gasteiger charge is -2.36. The molecule has 0 spiro atoms. The lowest BCUT2D eigenvalue weighted by molar-refractivity contribution is 0.0926. The van der Waals surface area contributed by atoms with Crippen molar-refractivity contribution in [2.45, 2.75) is 11.8 Å². The van der Waals surface area contributed by atoms with Crippen molar-refractivity contribution in [2.24, 2.45) is 0 Å². The van der Waals surface area contributed by atoms with Gasteiger partial charge in [0, 0.05) is 31.9 Å². The molecule has 2 amide bonds. The molecule has 0 bridgehead atoms. The van der Waals surface area contributed by atoms with Gasteiger partial charge in [-0.25, -0.2) is 13.3 Å². The molecule has 0 unspecified atom stereocenters. The molecule has 7 nitrogen and oxygen atoms in total. The molecule has 8 heteroatoms. The van der Waals surface area contributed by atoms with E-state index < -0.39 is 21.8 Å². The average molecular weight is 462 g/mol. The summed E-state index contributed by atoms with van der Waals surface area (Å²) in [6.07, 6.45) is 0. The summed E-state index contributed by atoms with van der Waals surface area (Å²) in [7, 11) is -3.68. The Morgan fingerprint density at radius 2 is 1.24 bits per heavy atom. The van der Waals surface area contributed by atoms with Crippen LogP contribution in [-0.4, -0.2) is 50.7 Å². The van der Waals surface area contributed by atoms with Crippen LogP contribution in [0.5, 0.6) is 0 Å². The number of piperazine rings is 1. The summed E-state index contributed by atoms with van der Waals surface area (Å²) in [5.74, 6) is -0.808. The Kier molecular flexibility index (Phi) is 5.26. The van der Waals surface area contributed by atoms with Gasteiger partial charge in [-0.15, -0.1) is 0 Å². The maximum absolute atomic E-state index is 13.2. The second kappa shape index (κ2) is 8.13. The zero-order chi connectivity index (χ0) is 23.2. The third kappa shape index (κ3) is 3.61. The number of hydrogen-bond donors (Lipinski definition) is 0. The number of rotatable bonds is 4. The van der Waals surface area contributed by atoms with Gasteiger partial charge in [0.2, 0.25) is 10.0 Å². The Hall–Kier alpha value is -3.49. The minimum atomic E-state index is -3.68. The SMILES string of the molecule is Cc1ccccc1N1CCN(S(=O)(=O)c2ccc(N3C(=O)c4ccccc4C3=O)cc2)CC1. The molecule has 0 saturated carbocycles. The maximum atomic E-state index is 13.2. The van der Waals surface area contributed by atoms with Crippen molar-refractivity contribution < 1.29 is 18.0 Å². The predicted molar refractivity (Wildman–Crippen MR) is 126 cm³/mol. The fraction of sp³-hybridized carbons (Fsp3) is 0.200. The number of carbonyl (C=O) groups is 2. The van der Waals surface area contributed by atoms with Crippen LogP contribution in [-0.2, 0) is 10.0 Å². The Balaban J connectivity index is 1.32. The number of anilines is 2. The molecular formula is C25H23N3O4S. The normalized spacial score (nSPS) is 16.9. The van der Waals surface area contributed by atoms with E-state index in [1.165, 1.54) is 28.6 Å². The van der Waals surface area contributed by atoms with Crippen molar-refractivity contribution >= 4 is 33.2 Å². The number of sulfonamides is 1. The largest absolute Gasteiger partial charge is 0.369 e. The average Bonchev–Trinajstić information content (AvgIpc) is 3.10. The first-order chi connectivity index (χ1) is 15.9. The van der Waals surface area contributed by atoms with Crippen molar-refractivity contribution in [3.63, 3.8) is 0 Å². The fourth-order valence-electron chi connectivity index (χ4n) is 4.43. The van der Waals surface area contributed by atoms with Gasteiger partial charge in [0.25, 0.3) is 11.8 Å². The number of hydrogen-bond acceptors (Lipinski definition) is 5. The van der Waals surface area contributed by atoms with Gasteiger partial charge in [-0.3, -0.25) is 9.59 Å². The van der Waals surface area contributed by atoms with Crippen LogP contribution in [0.2, 0.25) is 0 Å². The number of carbonyl (C=O) groups excluding carboxylic acids is 2. The summed E-state index contributed by atoms with van der Waals surface area (Å²) in [5, 5.41) is 0. The molecule has 1 fully saturated rings. The number of fused-ring (bicyclic) bond motifs is 1. The van der Waals surface area contributed by atoms with Crippen molar-refractivity contribution in [2.75, 3.05) is 36.0 Å². The molecular weight excluding hydrogens is 438 g/mol. The Bertz CT molecular complexity index is 1310. The van der Waals surface area contributed by atoms with Gasteiger partial charge < -0.3 is 4.90 Å². The topological polar surface area (TPSA) is 78.0 Å². The Morgan fingerprint density at radius 1 is 0.697 bits per heavy atom. The van der Waals surface area contributed by atoms with Gasteiger partial charge in [-0.2, -0.15) is 4.31 Å². The summed E-state index contributed by atoms with van der Waals surface area (Å²) < 4.78 is 27.9. The molecule has 0 atom stereocenters. The highest BCUT2D eigenvalue weighted by atomic mass is 32.2. The van der Waals surface area contributed by atoms with Crippen LogP contribution in [0, 0.1) is 6.92 Å². The smallest absolute Gasteiger partial charge is 0.266 e. The maximum Gasteiger partial charge on any atom is 0.266 e. The Labute approximate surface area is 192 Å². The first-order valence-electron chi connectivity index (χ1n) is 10.8. The van der Waals surface area contributed by atoms with E-state index in [1.54, 1.807) is 24.3 Å².